The number of thiocarbonyl (C=S) groups is 1. The Balaban J connectivity index is 2.25. The van der Waals surface area contributed by atoms with E-state index < -0.39 is 12.0 Å². The van der Waals surface area contributed by atoms with Gasteiger partial charge in [0.15, 0.2) is 0 Å². The third-order valence-electron chi connectivity index (χ3n) is 3.25. The molecule has 4 nitrogen and oxygen atoms in total. The van der Waals surface area contributed by atoms with Crippen molar-refractivity contribution in [2.45, 2.75) is 26.3 Å². The van der Waals surface area contributed by atoms with Gasteiger partial charge in [0.1, 0.15) is 10.4 Å². The van der Waals surface area contributed by atoms with Crippen molar-refractivity contribution in [2.75, 3.05) is 0 Å². The average Bonchev–Trinajstić information content (AvgIpc) is 2.73. The van der Waals surface area contributed by atoms with Crippen molar-refractivity contribution in [3.05, 3.63) is 40.3 Å². The third kappa shape index (κ3) is 3.33. The first-order valence-electron chi connectivity index (χ1n) is 6.53. The van der Waals surface area contributed by atoms with Crippen molar-refractivity contribution in [1.29, 1.82) is 0 Å². The Bertz CT molecular complexity index is 622. The van der Waals surface area contributed by atoms with Crippen molar-refractivity contribution in [3.63, 3.8) is 0 Å². The van der Waals surface area contributed by atoms with Gasteiger partial charge < -0.3 is 5.11 Å². The van der Waals surface area contributed by atoms with Crippen molar-refractivity contribution < 1.29 is 14.7 Å². The number of nitrogens with zero attached hydrogens (tertiary/aromatic N) is 1. The number of aliphatic carboxylic acids is 1. The zero-order chi connectivity index (χ0) is 15.6. The molecule has 110 valence electrons. The van der Waals surface area contributed by atoms with E-state index >= 15 is 0 Å². The normalized spacial score (nSPS) is 18.4. The van der Waals surface area contributed by atoms with E-state index in [2.05, 4.69) is 6.92 Å². The van der Waals surface area contributed by atoms with E-state index in [1.165, 1.54) is 12.5 Å². The predicted octanol–water partition coefficient (Wildman–Crippen LogP) is 2.92. The molecule has 1 aliphatic rings. The summed E-state index contributed by atoms with van der Waals surface area (Å²) in [4.78, 5) is 24.9. The summed E-state index contributed by atoms with van der Waals surface area (Å²) < 4.78 is 0.284. The molecule has 0 saturated carbocycles. The highest BCUT2D eigenvalue weighted by molar-refractivity contribution is 8.26. The second-order valence-corrected chi connectivity index (χ2v) is 6.34. The summed E-state index contributed by atoms with van der Waals surface area (Å²) in [5.41, 5.74) is 2.12. The highest BCUT2D eigenvalue weighted by Gasteiger charge is 2.38. The van der Waals surface area contributed by atoms with Crippen LogP contribution in [0.25, 0.3) is 6.08 Å². The topological polar surface area (TPSA) is 57.6 Å². The lowest BCUT2D eigenvalue weighted by Crippen LogP contribution is -2.41. The summed E-state index contributed by atoms with van der Waals surface area (Å²) in [6, 6.07) is 6.93. The Morgan fingerprint density at radius 3 is 2.57 bits per heavy atom. The SMILES string of the molecule is CCc1ccc(/C=C2\SC(=S)N([C@H](C)C(=O)O)C2=O)cc1. The van der Waals surface area contributed by atoms with Crippen molar-refractivity contribution in [3.8, 4) is 0 Å². The second kappa shape index (κ2) is 6.41. The van der Waals surface area contributed by atoms with Crippen molar-refractivity contribution >= 4 is 46.3 Å². The molecular formula is C15H15NO3S2. The number of hydrogen-bond donors (Lipinski definition) is 1. The Morgan fingerprint density at radius 1 is 1.43 bits per heavy atom. The number of hydrogen-bond acceptors (Lipinski definition) is 4. The van der Waals surface area contributed by atoms with Crippen LogP contribution in [0.2, 0.25) is 0 Å². The minimum absolute atomic E-state index is 0.284. The summed E-state index contributed by atoms with van der Waals surface area (Å²) in [5.74, 6) is -1.42. The highest BCUT2D eigenvalue weighted by Crippen LogP contribution is 2.33. The third-order valence-corrected chi connectivity index (χ3v) is 4.58. The van der Waals surface area contributed by atoms with Crippen LogP contribution in [-0.4, -0.2) is 32.2 Å². The van der Waals surface area contributed by atoms with Crippen LogP contribution in [0.4, 0.5) is 0 Å². The lowest BCUT2D eigenvalue weighted by Gasteiger charge is -2.18. The molecule has 0 aliphatic carbocycles. The minimum atomic E-state index is -1.07. The van der Waals surface area contributed by atoms with Gasteiger partial charge >= 0.3 is 5.97 Å². The van der Waals surface area contributed by atoms with Gasteiger partial charge in [0, 0.05) is 0 Å². The number of carbonyl (C=O) groups excluding carboxylic acids is 1. The fraction of sp³-hybridized carbons (Fsp3) is 0.267. The van der Waals surface area contributed by atoms with Crippen LogP contribution in [0.5, 0.6) is 0 Å². The van der Waals surface area contributed by atoms with Gasteiger partial charge in [-0.2, -0.15) is 0 Å². The minimum Gasteiger partial charge on any atom is -0.480 e. The molecule has 6 heteroatoms. The van der Waals surface area contributed by atoms with Gasteiger partial charge in [-0.15, -0.1) is 0 Å². The average molecular weight is 321 g/mol. The van der Waals surface area contributed by atoms with Crippen LogP contribution in [-0.2, 0) is 16.0 Å². The Morgan fingerprint density at radius 2 is 2.05 bits per heavy atom. The molecule has 1 aromatic carbocycles. The number of amides is 1. The molecule has 1 saturated heterocycles. The van der Waals surface area contributed by atoms with Crippen molar-refractivity contribution in [2.24, 2.45) is 0 Å². The molecule has 0 unspecified atom stereocenters. The van der Waals surface area contributed by atoms with Crippen LogP contribution < -0.4 is 0 Å². The molecule has 2 rings (SSSR count). The molecule has 0 spiro atoms. The number of carbonyl (C=O) groups is 2. The van der Waals surface area contributed by atoms with Crippen molar-refractivity contribution in [1.82, 2.24) is 4.90 Å². The molecule has 1 N–H and O–H groups in total. The first-order valence-corrected chi connectivity index (χ1v) is 7.75. The van der Waals surface area contributed by atoms with E-state index in [-0.39, 0.29) is 10.2 Å². The number of carboxylic acids is 1. The van der Waals surface area contributed by atoms with Gasteiger partial charge in [-0.3, -0.25) is 9.69 Å². The molecule has 0 radical (unpaired) electrons. The maximum absolute atomic E-state index is 12.3. The van der Waals surface area contributed by atoms with Gasteiger partial charge in [0.25, 0.3) is 5.91 Å². The monoisotopic (exact) mass is 321 g/mol. The summed E-state index contributed by atoms with van der Waals surface area (Å²) in [7, 11) is 0. The molecule has 1 aromatic rings. The van der Waals surface area contributed by atoms with Gasteiger partial charge in [0.05, 0.1) is 4.91 Å². The van der Waals surface area contributed by atoms with E-state index in [0.717, 1.165) is 28.6 Å². The van der Waals surface area contributed by atoms with E-state index in [1.54, 1.807) is 6.08 Å². The smallest absolute Gasteiger partial charge is 0.326 e. The Labute approximate surface area is 132 Å². The molecule has 1 amide bonds. The summed E-state index contributed by atoms with van der Waals surface area (Å²) in [6.07, 6.45) is 2.70. The van der Waals surface area contributed by atoms with E-state index in [9.17, 15) is 9.59 Å². The van der Waals surface area contributed by atoms with Crippen LogP contribution in [0.3, 0.4) is 0 Å². The van der Waals surface area contributed by atoms with E-state index in [4.69, 9.17) is 17.3 Å². The lowest BCUT2D eigenvalue weighted by atomic mass is 10.1. The standard InChI is InChI=1S/C15H15NO3S2/c1-3-10-4-6-11(7-5-10)8-12-13(17)16(15(20)21-12)9(2)14(18)19/h4-9H,3H2,1-2H3,(H,18,19)/b12-8-/t9-/m1/s1. The zero-order valence-electron chi connectivity index (χ0n) is 11.7. The van der Waals surface area contributed by atoms with Gasteiger partial charge in [-0.1, -0.05) is 55.2 Å². The number of aryl methyl sites for hydroxylation is 1. The van der Waals surface area contributed by atoms with Gasteiger partial charge in [0.2, 0.25) is 0 Å². The molecule has 1 fully saturated rings. The first-order chi connectivity index (χ1) is 9.93. The Kier molecular flexibility index (Phi) is 4.80. The number of benzene rings is 1. The maximum atomic E-state index is 12.3. The zero-order valence-corrected chi connectivity index (χ0v) is 13.3. The Hall–Kier alpha value is -1.66. The first kappa shape index (κ1) is 15.7. The quantitative estimate of drug-likeness (QED) is 0.682. The summed E-state index contributed by atoms with van der Waals surface area (Å²) >= 11 is 6.25. The second-order valence-electron chi connectivity index (χ2n) is 4.66. The predicted molar refractivity (Wildman–Crippen MR) is 87.9 cm³/mol. The summed E-state index contributed by atoms with van der Waals surface area (Å²) in [5, 5.41) is 9.03. The molecule has 0 aromatic heterocycles. The van der Waals surface area contributed by atoms with Gasteiger partial charge in [-0.25, -0.2) is 4.79 Å². The maximum Gasteiger partial charge on any atom is 0.326 e. The number of thioether (sulfide) groups is 1. The van der Waals surface area contributed by atoms with Gasteiger partial charge in [-0.05, 0) is 30.5 Å². The largest absolute Gasteiger partial charge is 0.480 e. The van der Waals surface area contributed by atoms with E-state index in [1.807, 2.05) is 24.3 Å². The fourth-order valence-electron chi connectivity index (χ4n) is 1.93. The molecule has 1 heterocycles. The number of carboxylic acid groups (broad SMARTS) is 1. The molecule has 1 aliphatic heterocycles. The molecular weight excluding hydrogens is 306 g/mol. The van der Waals surface area contributed by atoms with Crippen LogP contribution in [0.15, 0.2) is 29.2 Å². The van der Waals surface area contributed by atoms with E-state index in [0.29, 0.717) is 4.91 Å². The van der Waals surface area contributed by atoms with Crippen LogP contribution >= 0.6 is 24.0 Å². The molecule has 21 heavy (non-hydrogen) atoms. The molecule has 1 atom stereocenters. The highest BCUT2D eigenvalue weighted by atomic mass is 32.2. The molecule has 0 bridgehead atoms. The summed E-state index contributed by atoms with van der Waals surface area (Å²) in [6.45, 7) is 3.53. The fourth-order valence-corrected chi connectivity index (χ4v) is 3.34. The number of rotatable bonds is 4. The van der Waals surface area contributed by atoms with Crippen LogP contribution in [0, 0.1) is 0 Å². The van der Waals surface area contributed by atoms with Crippen LogP contribution in [0.1, 0.15) is 25.0 Å². The lowest BCUT2D eigenvalue weighted by molar-refractivity contribution is -0.144.